The summed E-state index contributed by atoms with van der Waals surface area (Å²) in [6.07, 6.45) is 4.13. The van der Waals surface area contributed by atoms with Crippen molar-refractivity contribution in [2.24, 2.45) is 17.3 Å². The minimum absolute atomic E-state index is 0.482. The predicted octanol–water partition coefficient (Wildman–Crippen LogP) is 2.93. The summed E-state index contributed by atoms with van der Waals surface area (Å²) in [7, 11) is 2.28. The first kappa shape index (κ1) is 15.1. The van der Waals surface area contributed by atoms with Crippen LogP contribution in [0.1, 0.15) is 24.1 Å². The molecule has 1 aromatic heterocycles. The summed E-state index contributed by atoms with van der Waals surface area (Å²) in [5.74, 6) is 1.61. The predicted molar refractivity (Wildman–Crippen MR) is 91.2 cm³/mol. The highest BCUT2D eigenvalue weighted by Crippen LogP contribution is 2.44. The van der Waals surface area contributed by atoms with Crippen molar-refractivity contribution in [2.75, 3.05) is 46.4 Å². The van der Waals surface area contributed by atoms with Crippen LogP contribution in [-0.2, 0) is 11.3 Å². The van der Waals surface area contributed by atoms with Gasteiger partial charge < -0.3 is 9.64 Å². The topological polar surface area (TPSA) is 15.7 Å². The first-order valence-corrected chi connectivity index (χ1v) is 9.62. The standard InChI is InChI=1S/C18H28N2OS/c1-19-9-16(12-21-11-15-4-5-15)18(13-19)6-7-20(14-18)10-17-3-2-8-22-17/h2-3,8,15-16H,4-7,9-14H2,1H3/t16-,18-/m0/s1. The molecule has 0 amide bonds. The van der Waals surface area contributed by atoms with Gasteiger partial charge in [0.2, 0.25) is 0 Å². The summed E-state index contributed by atoms with van der Waals surface area (Å²) in [5.41, 5.74) is 0.482. The Balaban J connectivity index is 1.35. The molecule has 3 heterocycles. The summed E-state index contributed by atoms with van der Waals surface area (Å²) in [5, 5.41) is 2.19. The Morgan fingerprint density at radius 1 is 1.32 bits per heavy atom. The zero-order chi connectivity index (χ0) is 15.0. The van der Waals surface area contributed by atoms with Crippen molar-refractivity contribution in [1.29, 1.82) is 0 Å². The number of ether oxygens (including phenoxy) is 1. The van der Waals surface area contributed by atoms with Crippen molar-refractivity contribution < 1.29 is 4.74 Å². The summed E-state index contributed by atoms with van der Waals surface area (Å²) in [6, 6.07) is 4.44. The lowest BCUT2D eigenvalue weighted by Crippen LogP contribution is -2.36. The second-order valence-electron chi connectivity index (χ2n) is 7.78. The maximum atomic E-state index is 6.07. The van der Waals surface area contributed by atoms with Crippen molar-refractivity contribution in [1.82, 2.24) is 9.80 Å². The highest BCUT2D eigenvalue weighted by molar-refractivity contribution is 7.09. The van der Waals surface area contributed by atoms with Crippen LogP contribution in [-0.4, -0.2) is 56.2 Å². The molecule has 122 valence electrons. The Hall–Kier alpha value is -0.420. The highest BCUT2D eigenvalue weighted by atomic mass is 32.1. The molecule has 1 spiro atoms. The van der Waals surface area contributed by atoms with E-state index in [1.165, 1.54) is 50.3 Å². The molecule has 4 rings (SSSR count). The minimum Gasteiger partial charge on any atom is -0.381 e. The lowest BCUT2D eigenvalue weighted by Gasteiger charge is -2.30. The van der Waals surface area contributed by atoms with E-state index in [0.717, 1.165) is 31.6 Å². The number of nitrogens with zero attached hydrogens (tertiary/aromatic N) is 2. The Morgan fingerprint density at radius 2 is 2.23 bits per heavy atom. The van der Waals surface area contributed by atoms with Crippen LogP contribution in [0.2, 0.25) is 0 Å². The van der Waals surface area contributed by atoms with Crippen LogP contribution in [0.3, 0.4) is 0 Å². The summed E-state index contributed by atoms with van der Waals surface area (Å²) < 4.78 is 6.07. The zero-order valence-corrected chi connectivity index (χ0v) is 14.5. The van der Waals surface area contributed by atoms with Crippen molar-refractivity contribution >= 4 is 11.3 Å². The molecule has 22 heavy (non-hydrogen) atoms. The fourth-order valence-corrected chi connectivity index (χ4v) is 5.14. The van der Waals surface area contributed by atoms with E-state index >= 15 is 0 Å². The average Bonchev–Trinajstić information content (AvgIpc) is 2.90. The molecular formula is C18H28N2OS. The quantitative estimate of drug-likeness (QED) is 0.801. The van der Waals surface area contributed by atoms with Gasteiger partial charge in [-0.1, -0.05) is 6.07 Å². The van der Waals surface area contributed by atoms with Crippen LogP contribution < -0.4 is 0 Å². The van der Waals surface area contributed by atoms with E-state index < -0.39 is 0 Å². The number of hydrogen-bond acceptors (Lipinski definition) is 4. The third-order valence-electron chi connectivity index (χ3n) is 5.78. The van der Waals surface area contributed by atoms with Crippen LogP contribution in [0.5, 0.6) is 0 Å². The molecule has 2 aliphatic heterocycles. The second kappa shape index (κ2) is 6.23. The van der Waals surface area contributed by atoms with Gasteiger partial charge in [-0.25, -0.2) is 0 Å². The third-order valence-corrected chi connectivity index (χ3v) is 6.64. The van der Waals surface area contributed by atoms with Crippen LogP contribution in [0.25, 0.3) is 0 Å². The van der Waals surface area contributed by atoms with Gasteiger partial charge in [-0.05, 0) is 50.2 Å². The van der Waals surface area contributed by atoms with Gasteiger partial charge in [0.15, 0.2) is 0 Å². The number of likely N-dealkylation sites (tertiary alicyclic amines) is 2. The first-order chi connectivity index (χ1) is 10.7. The molecule has 0 unspecified atom stereocenters. The lowest BCUT2D eigenvalue weighted by atomic mass is 9.77. The van der Waals surface area contributed by atoms with Crippen molar-refractivity contribution in [3.8, 4) is 0 Å². The normalized spacial score (nSPS) is 33.2. The monoisotopic (exact) mass is 320 g/mol. The fraction of sp³-hybridized carbons (Fsp3) is 0.778. The molecule has 1 aromatic rings. The molecule has 4 heteroatoms. The van der Waals surface area contributed by atoms with Crippen molar-refractivity contribution in [2.45, 2.75) is 25.8 Å². The van der Waals surface area contributed by atoms with E-state index in [-0.39, 0.29) is 0 Å². The third kappa shape index (κ3) is 3.25. The van der Waals surface area contributed by atoms with Gasteiger partial charge in [-0.15, -0.1) is 11.3 Å². The molecular weight excluding hydrogens is 292 g/mol. The van der Waals surface area contributed by atoms with E-state index in [4.69, 9.17) is 4.74 Å². The van der Waals surface area contributed by atoms with Gasteiger partial charge in [0, 0.05) is 49.0 Å². The fourth-order valence-electron chi connectivity index (χ4n) is 4.40. The molecule has 3 aliphatic rings. The van der Waals surface area contributed by atoms with Gasteiger partial charge in [-0.3, -0.25) is 4.90 Å². The SMILES string of the molecule is CN1C[C@@H](COCC2CC2)[C@@]2(CCN(Cc3cccs3)C2)C1. The van der Waals surface area contributed by atoms with Crippen LogP contribution in [0.15, 0.2) is 17.5 Å². The van der Waals surface area contributed by atoms with E-state index in [0.29, 0.717) is 5.41 Å². The smallest absolute Gasteiger partial charge is 0.0512 e. The molecule has 0 radical (unpaired) electrons. The Bertz CT molecular complexity index is 487. The molecule has 3 fully saturated rings. The summed E-state index contributed by atoms with van der Waals surface area (Å²) >= 11 is 1.89. The highest BCUT2D eigenvalue weighted by Gasteiger charge is 2.49. The van der Waals surface area contributed by atoms with E-state index in [2.05, 4.69) is 34.4 Å². The molecule has 0 N–H and O–H groups in total. The molecule has 0 bridgehead atoms. The van der Waals surface area contributed by atoms with E-state index in [1.807, 2.05) is 11.3 Å². The Kier molecular flexibility index (Phi) is 4.29. The van der Waals surface area contributed by atoms with Crippen LogP contribution in [0.4, 0.5) is 0 Å². The lowest BCUT2D eigenvalue weighted by molar-refractivity contribution is 0.0556. The minimum atomic E-state index is 0.482. The van der Waals surface area contributed by atoms with Crippen molar-refractivity contribution in [3.63, 3.8) is 0 Å². The number of thiophene rings is 1. The zero-order valence-electron chi connectivity index (χ0n) is 13.7. The molecule has 2 saturated heterocycles. The van der Waals surface area contributed by atoms with Gasteiger partial charge in [0.1, 0.15) is 0 Å². The van der Waals surface area contributed by atoms with Crippen LogP contribution >= 0.6 is 11.3 Å². The maximum Gasteiger partial charge on any atom is 0.0512 e. The maximum absolute atomic E-state index is 6.07. The van der Waals surface area contributed by atoms with Gasteiger partial charge in [0.05, 0.1) is 6.61 Å². The summed E-state index contributed by atoms with van der Waals surface area (Å²) in [6.45, 7) is 8.11. The number of rotatable bonds is 6. The van der Waals surface area contributed by atoms with E-state index in [1.54, 1.807) is 0 Å². The first-order valence-electron chi connectivity index (χ1n) is 8.75. The Labute approximate surface area is 138 Å². The summed E-state index contributed by atoms with van der Waals surface area (Å²) in [4.78, 5) is 6.70. The Morgan fingerprint density at radius 3 is 3.00 bits per heavy atom. The van der Waals surface area contributed by atoms with Crippen LogP contribution in [0, 0.1) is 17.3 Å². The van der Waals surface area contributed by atoms with Gasteiger partial charge >= 0.3 is 0 Å². The molecule has 0 aromatic carbocycles. The average molecular weight is 321 g/mol. The molecule has 3 nitrogen and oxygen atoms in total. The largest absolute Gasteiger partial charge is 0.381 e. The molecule has 1 aliphatic carbocycles. The molecule has 1 saturated carbocycles. The van der Waals surface area contributed by atoms with Gasteiger partial charge in [0.25, 0.3) is 0 Å². The number of hydrogen-bond donors (Lipinski definition) is 0. The van der Waals surface area contributed by atoms with E-state index in [9.17, 15) is 0 Å². The van der Waals surface area contributed by atoms with Crippen molar-refractivity contribution in [3.05, 3.63) is 22.4 Å². The van der Waals surface area contributed by atoms with Gasteiger partial charge in [-0.2, -0.15) is 0 Å². The second-order valence-corrected chi connectivity index (χ2v) is 8.81. The molecule has 2 atom stereocenters.